The highest BCUT2D eigenvalue weighted by molar-refractivity contribution is 5.95. The van der Waals surface area contributed by atoms with Crippen molar-refractivity contribution >= 4 is 11.6 Å². The molecule has 0 radical (unpaired) electrons. The Balaban J connectivity index is 1.92. The minimum absolute atomic E-state index is 0.0148. The number of nitro groups is 1. The number of nitro benzene ring substituents is 1. The van der Waals surface area contributed by atoms with E-state index in [4.69, 9.17) is 9.47 Å². The zero-order valence-corrected chi connectivity index (χ0v) is 16.4. The van der Waals surface area contributed by atoms with Crippen molar-refractivity contribution in [1.82, 2.24) is 10.3 Å². The van der Waals surface area contributed by atoms with Crippen LogP contribution in [0, 0.1) is 15.9 Å². The van der Waals surface area contributed by atoms with E-state index in [0.29, 0.717) is 6.42 Å². The summed E-state index contributed by atoms with van der Waals surface area (Å²) in [4.78, 5) is 25.8. The molecule has 1 amide bonds. The predicted molar refractivity (Wildman–Crippen MR) is 101 cm³/mol. The van der Waals surface area contributed by atoms with E-state index in [-0.39, 0.29) is 37.9 Å². The number of pyridine rings is 1. The van der Waals surface area contributed by atoms with E-state index in [1.165, 1.54) is 0 Å². The number of alkyl halides is 3. The first-order chi connectivity index (χ1) is 14.6. The Hall–Kier alpha value is -3.44. The first kappa shape index (κ1) is 23.8. The normalized spacial score (nSPS) is 11.1. The molecule has 12 heteroatoms. The second-order valence-electron chi connectivity index (χ2n) is 6.26. The van der Waals surface area contributed by atoms with E-state index < -0.39 is 39.6 Å². The van der Waals surface area contributed by atoms with Gasteiger partial charge in [-0.3, -0.25) is 14.9 Å². The SMILES string of the molecule is CCCOc1cc(C(F)(F)F)cc(OCCCNC(=O)c2cc([N+](=O)[O-])ccc2F)n1. The molecule has 0 fully saturated rings. The van der Waals surface area contributed by atoms with Crippen LogP contribution in [-0.4, -0.2) is 35.6 Å². The Morgan fingerprint density at radius 1 is 1.16 bits per heavy atom. The average Bonchev–Trinajstić information content (AvgIpc) is 2.71. The van der Waals surface area contributed by atoms with E-state index >= 15 is 0 Å². The largest absolute Gasteiger partial charge is 0.478 e. The van der Waals surface area contributed by atoms with Gasteiger partial charge < -0.3 is 14.8 Å². The molecule has 31 heavy (non-hydrogen) atoms. The third-order valence-electron chi connectivity index (χ3n) is 3.82. The summed E-state index contributed by atoms with van der Waals surface area (Å²) in [5.74, 6) is -2.31. The molecule has 2 aromatic rings. The van der Waals surface area contributed by atoms with Gasteiger partial charge in [-0.05, 0) is 18.9 Å². The summed E-state index contributed by atoms with van der Waals surface area (Å²) in [5, 5.41) is 13.1. The van der Waals surface area contributed by atoms with Gasteiger partial charge in [0.2, 0.25) is 11.8 Å². The van der Waals surface area contributed by atoms with Crippen LogP contribution in [0.2, 0.25) is 0 Å². The fourth-order valence-electron chi connectivity index (χ4n) is 2.35. The molecule has 0 aliphatic rings. The monoisotopic (exact) mass is 445 g/mol. The van der Waals surface area contributed by atoms with Gasteiger partial charge >= 0.3 is 6.18 Å². The quantitative estimate of drug-likeness (QED) is 0.255. The van der Waals surface area contributed by atoms with Crippen molar-refractivity contribution in [3.63, 3.8) is 0 Å². The lowest BCUT2D eigenvalue weighted by atomic mass is 10.1. The van der Waals surface area contributed by atoms with Crippen LogP contribution in [-0.2, 0) is 6.18 Å². The maximum Gasteiger partial charge on any atom is 0.416 e. The van der Waals surface area contributed by atoms with E-state index in [1.807, 2.05) is 0 Å². The molecule has 0 spiro atoms. The van der Waals surface area contributed by atoms with Crippen molar-refractivity contribution in [3.05, 3.63) is 57.4 Å². The molecule has 0 bridgehead atoms. The Kier molecular flexibility index (Phi) is 8.11. The van der Waals surface area contributed by atoms with Crippen LogP contribution in [0.15, 0.2) is 30.3 Å². The molecule has 1 N–H and O–H groups in total. The molecule has 8 nitrogen and oxygen atoms in total. The van der Waals surface area contributed by atoms with Crippen LogP contribution in [0.3, 0.4) is 0 Å². The third-order valence-corrected chi connectivity index (χ3v) is 3.82. The molecular weight excluding hydrogens is 426 g/mol. The Morgan fingerprint density at radius 2 is 1.81 bits per heavy atom. The number of rotatable bonds is 10. The maximum absolute atomic E-state index is 13.7. The van der Waals surface area contributed by atoms with Crippen LogP contribution in [0.5, 0.6) is 11.8 Å². The summed E-state index contributed by atoms with van der Waals surface area (Å²) in [6, 6.07) is 4.06. The molecule has 168 valence electrons. The number of nitrogens with one attached hydrogen (secondary N) is 1. The number of halogens is 4. The number of aromatic nitrogens is 1. The minimum atomic E-state index is -4.61. The van der Waals surface area contributed by atoms with Crippen LogP contribution >= 0.6 is 0 Å². The minimum Gasteiger partial charge on any atom is -0.478 e. The molecule has 2 rings (SSSR count). The average molecular weight is 445 g/mol. The van der Waals surface area contributed by atoms with Crippen LogP contribution in [0.25, 0.3) is 0 Å². The molecule has 0 aliphatic carbocycles. The zero-order valence-electron chi connectivity index (χ0n) is 16.4. The number of benzene rings is 1. The van der Waals surface area contributed by atoms with Gasteiger partial charge in [-0.15, -0.1) is 0 Å². The molecule has 1 aromatic carbocycles. The van der Waals surface area contributed by atoms with Crippen molar-refractivity contribution in [2.24, 2.45) is 0 Å². The van der Waals surface area contributed by atoms with Crippen LogP contribution in [0.4, 0.5) is 23.2 Å². The fourth-order valence-corrected chi connectivity index (χ4v) is 2.35. The maximum atomic E-state index is 13.7. The number of carbonyl (C=O) groups excluding carboxylic acids is 1. The molecule has 0 aliphatic heterocycles. The van der Waals surface area contributed by atoms with Gasteiger partial charge in [0, 0.05) is 30.8 Å². The Bertz CT molecular complexity index is 937. The number of hydrogen-bond donors (Lipinski definition) is 1. The third kappa shape index (κ3) is 7.08. The smallest absolute Gasteiger partial charge is 0.416 e. The summed E-state index contributed by atoms with van der Waals surface area (Å²) in [7, 11) is 0. The van der Waals surface area contributed by atoms with Gasteiger partial charge in [-0.25, -0.2) is 4.39 Å². The highest BCUT2D eigenvalue weighted by Crippen LogP contribution is 2.33. The number of non-ortho nitro benzene ring substituents is 1. The molecule has 0 unspecified atom stereocenters. The number of nitrogens with zero attached hydrogens (tertiary/aromatic N) is 2. The van der Waals surface area contributed by atoms with Gasteiger partial charge in [-0.1, -0.05) is 6.92 Å². The van der Waals surface area contributed by atoms with Crippen molar-refractivity contribution in [3.8, 4) is 11.8 Å². The van der Waals surface area contributed by atoms with Gasteiger partial charge in [-0.2, -0.15) is 18.2 Å². The second-order valence-corrected chi connectivity index (χ2v) is 6.26. The van der Waals surface area contributed by atoms with Crippen LogP contribution in [0.1, 0.15) is 35.7 Å². The summed E-state index contributed by atoms with van der Waals surface area (Å²) in [5.41, 5.74) is -1.91. The topological polar surface area (TPSA) is 104 Å². The number of ether oxygens (including phenoxy) is 2. The van der Waals surface area contributed by atoms with E-state index in [1.54, 1.807) is 6.92 Å². The van der Waals surface area contributed by atoms with E-state index in [2.05, 4.69) is 10.3 Å². The zero-order chi connectivity index (χ0) is 23.0. The first-order valence-electron chi connectivity index (χ1n) is 9.19. The Labute approximate surface area is 174 Å². The summed E-state index contributed by atoms with van der Waals surface area (Å²) < 4.78 is 63.1. The molecule has 0 saturated heterocycles. The predicted octanol–water partition coefficient (Wildman–Crippen LogP) is 4.14. The van der Waals surface area contributed by atoms with Gasteiger partial charge in [0.25, 0.3) is 11.6 Å². The van der Waals surface area contributed by atoms with Crippen molar-refractivity contribution in [1.29, 1.82) is 0 Å². The van der Waals surface area contributed by atoms with Gasteiger partial charge in [0.15, 0.2) is 0 Å². The second kappa shape index (κ2) is 10.5. The lowest BCUT2D eigenvalue weighted by Gasteiger charge is -2.13. The lowest BCUT2D eigenvalue weighted by molar-refractivity contribution is -0.384. The van der Waals surface area contributed by atoms with Crippen molar-refractivity contribution in [2.45, 2.75) is 25.9 Å². The summed E-state index contributed by atoms with van der Waals surface area (Å²) in [6.45, 7) is 1.87. The molecule has 1 aromatic heterocycles. The van der Waals surface area contributed by atoms with Gasteiger partial charge in [0.1, 0.15) is 5.82 Å². The lowest BCUT2D eigenvalue weighted by Crippen LogP contribution is -2.26. The number of hydrogen-bond acceptors (Lipinski definition) is 6. The molecule has 0 saturated carbocycles. The molecule has 1 heterocycles. The van der Waals surface area contributed by atoms with E-state index in [9.17, 15) is 32.5 Å². The summed E-state index contributed by atoms with van der Waals surface area (Å²) >= 11 is 0. The first-order valence-corrected chi connectivity index (χ1v) is 9.19. The molecule has 0 atom stereocenters. The fraction of sp³-hybridized carbons (Fsp3) is 0.368. The Morgan fingerprint density at radius 3 is 2.39 bits per heavy atom. The molecular formula is C19H19F4N3O5. The number of carbonyl (C=O) groups is 1. The highest BCUT2D eigenvalue weighted by Gasteiger charge is 2.32. The van der Waals surface area contributed by atoms with Crippen LogP contribution < -0.4 is 14.8 Å². The van der Waals surface area contributed by atoms with E-state index in [0.717, 1.165) is 30.3 Å². The highest BCUT2D eigenvalue weighted by atomic mass is 19.4. The van der Waals surface area contributed by atoms with Crippen molar-refractivity contribution < 1.29 is 36.8 Å². The summed E-state index contributed by atoms with van der Waals surface area (Å²) in [6.07, 6.45) is -3.87. The van der Waals surface area contributed by atoms with Gasteiger partial charge in [0.05, 0.1) is 29.3 Å². The number of amides is 1. The van der Waals surface area contributed by atoms with Crippen molar-refractivity contribution in [2.75, 3.05) is 19.8 Å². The standard InChI is InChI=1S/C19H19F4N3O5/c1-2-7-30-16-9-12(19(21,22)23)10-17(25-16)31-8-3-6-24-18(27)14-11-13(26(28)29)4-5-15(14)20/h4-5,9-11H,2-3,6-8H2,1H3,(H,24,27).